The molecule has 4 aromatic carbocycles. The van der Waals surface area contributed by atoms with Gasteiger partial charge in [-0.1, -0.05) is 109 Å². The van der Waals surface area contributed by atoms with Crippen molar-refractivity contribution in [2.24, 2.45) is 4.99 Å². The van der Waals surface area contributed by atoms with Gasteiger partial charge in [-0.15, -0.1) is 0 Å². The second-order valence-corrected chi connectivity index (χ2v) is 10.9. The van der Waals surface area contributed by atoms with Crippen LogP contribution in [0.1, 0.15) is 21.5 Å². The second-order valence-electron chi connectivity index (χ2n) is 9.14. The normalized spacial score (nSPS) is 12.3. The fourth-order valence-corrected chi connectivity index (χ4v) is 4.48. The Morgan fingerprint density at radius 3 is 1.52 bits per heavy atom. The lowest BCUT2D eigenvalue weighted by Crippen LogP contribution is -2.17. The number of nitrogens with zero attached hydrogens (tertiary/aromatic N) is 1. The summed E-state index contributed by atoms with van der Waals surface area (Å²) in [6.07, 6.45) is 0.979. The average Bonchev–Trinajstić information content (AvgIpc) is 3.52. The van der Waals surface area contributed by atoms with Gasteiger partial charge < -0.3 is 10.1 Å². The Balaban J connectivity index is 0.000000487. The first-order valence-corrected chi connectivity index (χ1v) is 14.2. The van der Waals surface area contributed by atoms with E-state index in [1.165, 1.54) is 0 Å². The molecule has 0 unspecified atom stereocenters. The van der Waals surface area contributed by atoms with Crippen LogP contribution in [0.5, 0.6) is 5.88 Å². The summed E-state index contributed by atoms with van der Waals surface area (Å²) in [5.41, 5.74) is 7.93. The zero-order valence-corrected chi connectivity index (χ0v) is 22.3. The predicted molar refractivity (Wildman–Crippen MR) is 159 cm³/mol. The molecular formula is C31H24BN3O4S. The van der Waals surface area contributed by atoms with Gasteiger partial charge in [0.05, 0.1) is 28.8 Å². The molecule has 196 valence electrons. The van der Waals surface area contributed by atoms with Crippen LogP contribution in [0.15, 0.2) is 114 Å². The van der Waals surface area contributed by atoms with E-state index < -0.39 is 10.0 Å². The van der Waals surface area contributed by atoms with Crippen LogP contribution in [0.4, 0.5) is 0 Å². The van der Waals surface area contributed by atoms with E-state index in [2.05, 4.69) is 42.2 Å². The maximum Gasteiger partial charge on any atom is 0.280 e. The number of carbonyl (C=O) groups excluding carboxylic acids is 1. The molecule has 0 bridgehead atoms. The molecular weight excluding hydrogens is 521 g/mol. The zero-order valence-electron chi connectivity index (χ0n) is 21.5. The number of fused-ring (bicyclic) bond motifs is 1. The molecule has 0 fully saturated rings. The van der Waals surface area contributed by atoms with E-state index in [0.717, 1.165) is 39.6 Å². The van der Waals surface area contributed by atoms with Crippen molar-refractivity contribution in [1.82, 2.24) is 9.62 Å². The third kappa shape index (κ3) is 5.66. The molecule has 1 amide bonds. The van der Waals surface area contributed by atoms with Gasteiger partial charge in [-0.2, -0.15) is 0 Å². The van der Waals surface area contributed by atoms with Crippen LogP contribution >= 0.6 is 0 Å². The first-order chi connectivity index (χ1) is 19.2. The predicted octanol–water partition coefficient (Wildman–Crippen LogP) is 5.33. The van der Waals surface area contributed by atoms with Gasteiger partial charge in [0.25, 0.3) is 5.91 Å². The molecule has 0 spiro atoms. The van der Waals surface area contributed by atoms with E-state index in [1.54, 1.807) is 4.63 Å². The topological polar surface area (TPSA) is 112 Å². The average molecular weight is 545 g/mol. The van der Waals surface area contributed by atoms with Crippen LogP contribution in [0, 0.1) is 0 Å². The smallest absolute Gasteiger partial charge is 0.280 e. The highest BCUT2D eigenvalue weighted by molar-refractivity contribution is 7.89. The molecule has 0 saturated carbocycles. The molecule has 6 rings (SSSR count). The molecule has 1 aliphatic heterocycles. The lowest BCUT2D eigenvalue weighted by molar-refractivity contribution is 0.101. The van der Waals surface area contributed by atoms with Crippen molar-refractivity contribution in [1.29, 1.82) is 0 Å². The lowest BCUT2D eigenvalue weighted by atomic mass is 9.97. The van der Waals surface area contributed by atoms with Crippen molar-refractivity contribution in [3.8, 4) is 39.4 Å². The molecule has 0 saturated heterocycles. The highest BCUT2D eigenvalue weighted by Gasteiger charge is 2.33. The van der Waals surface area contributed by atoms with Gasteiger partial charge >= 0.3 is 0 Å². The Bertz CT molecular complexity index is 1800. The van der Waals surface area contributed by atoms with Gasteiger partial charge in [-0.3, -0.25) is 9.43 Å². The zero-order chi connectivity index (χ0) is 28.3. The van der Waals surface area contributed by atoms with Gasteiger partial charge in [0, 0.05) is 5.56 Å². The van der Waals surface area contributed by atoms with Gasteiger partial charge in [0.1, 0.15) is 0 Å². The molecule has 9 heteroatoms. The minimum atomic E-state index is -3.13. The van der Waals surface area contributed by atoms with E-state index in [0.29, 0.717) is 22.5 Å². The van der Waals surface area contributed by atoms with Crippen molar-refractivity contribution in [2.45, 2.75) is 0 Å². The molecule has 3 N–H and O–H groups in total. The van der Waals surface area contributed by atoms with Crippen LogP contribution in [-0.4, -0.2) is 44.4 Å². The molecule has 2 heterocycles. The summed E-state index contributed by atoms with van der Waals surface area (Å²) >= 11 is 0. The van der Waals surface area contributed by atoms with Crippen molar-refractivity contribution >= 4 is 29.6 Å². The fraction of sp³-hybridized carbons (Fsp3) is 0.0323. The van der Waals surface area contributed by atoms with Crippen LogP contribution < -0.4 is 4.63 Å². The summed E-state index contributed by atoms with van der Waals surface area (Å²) in [7, 11) is 1.33. The summed E-state index contributed by atoms with van der Waals surface area (Å²) in [5.74, 6) is -0.398. The van der Waals surface area contributed by atoms with Crippen LogP contribution in [0.2, 0.25) is 0 Å². The summed E-state index contributed by atoms with van der Waals surface area (Å²) in [5, 5.41) is 10.7. The summed E-state index contributed by atoms with van der Waals surface area (Å²) in [6.45, 7) is 0. The fourth-order valence-electron chi connectivity index (χ4n) is 4.48. The SMILES string of the molecule is O=C1N=C(c2ccc(-c3ccccc3)cc2)c2c(O)[nH]c(-c3ccc(-c4ccccc4)cc3)c21.[B]NS(C)(=O)=O. The third-order valence-electron chi connectivity index (χ3n) is 6.40. The lowest BCUT2D eigenvalue weighted by Gasteiger charge is -2.05. The Hall–Kier alpha value is -4.73. The molecule has 0 aliphatic carbocycles. The van der Waals surface area contributed by atoms with E-state index in [9.17, 15) is 18.3 Å². The number of aromatic amines is 1. The van der Waals surface area contributed by atoms with Crippen LogP contribution in [0.25, 0.3) is 33.5 Å². The Labute approximate surface area is 233 Å². The van der Waals surface area contributed by atoms with Crippen LogP contribution in [-0.2, 0) is 10.0 Å². The van der Waals surface area contributed by atoms with Crippen molar-refractivity contribution in [3.05, 3.63) is 126 Å². The Morgan fingerprint density at radius 1 is 0.675 bits per heavy atom. The number of hydrogen-bond donors (Lipinski definition) is 3. The quantitative estimate of drug-likeness (QED) is 0.259. The summed E-state index contributed by atoms with van der Waals surface area (Å²) < 4.78 is 21.1. The largest absolute Gasteiger partial charge is 0.494 e. The van der Waals surface area contributed by atoms with Crippen molar-refractivity contribution in [3.63, 3.8) is 0 Å². The van der Waals surface area contributed by atoms with Crippen LogP contribution in [0.3, 0.4) is 0 Å². The number of sulfonamides is 1. The molecule has 5 aromatic rings. The highest BCUT2D eigenvalue weighted by Crippen LogP contribution is 2.38. The molecule has 7 nitrogen and oxygen atoms in total. The number of rotatable bonds is 5. The number of carbonyl (C=O) groups is 1. The van der Waals surface area contributed by atoms with Crippen molar-refractivity contribution in [2.75, 3.05) is 6.26 Å². The number of aliphatic imine (C=N–C) groups is 1. The summed E-state index contributed by atoms with van der Waals surface area (Å²) in [4.78, 5) is 20.2. The Kier molecular flexibility index (Phi) is 7.51. The second kappa shape index (κ2) is 11.2. The van der Waals surface area contributed by atoms with Gasteiger partial charge in [0.2, 0.25) is 7.98 Å². The molecule has 0 atom stereocenters. The standard InChI is InChI=1S/C30H20N2O2.CH4BNO2S/c33-29-25-26(28(32-29)24-17-13-22(14-18-24)20-9-5-2-6-10-20)30(34)31-27(25)23-15-11-21(12-16-23)19-7-3-1-4-8-19;1-6(4,5)3-2/h1-18,31,34H;3H,1H3. The minimum Gasteiger partial charge on any atom is -0.494 e. The number of hydrogen-bond acceptors (Lipinski definition) is 4. The monoisotopic (exact) mass is 545 g/mol. The molecule has 1 aliphatic rings. The number of aromatic hydroxyl groups is 1. The number of benzene rings is 4. The van der Waals surface area contributed by atoms with Gasteiger partial charge in [-0.25, -0.2) is 13.4 Å². The maximum atomic E-state index is 12.9. The Morgan fingerprint density at radius 2 is 1.07 bits per heavy atom. The first kappa shape index (κ1) is 26.9. The molecule has 2 radical (unpaired) electrons. The maximum absolute atomic E-state index is 12.9. The van der Waals surface area contributed by atoms with E-state index in [4.69, 9.17) is 0 Å². The number of nitrogens with one attached hydrogen (secondary N) is 2. The highest BCUT2D eigenvalue weighted by atomic mass is 32.2. The number of H-pyrrole nitrogens is 1. The van der Waals surface area contributed by atoms with Gasteiger partial charge in [0.15, 0.2) is 15.9 Å². The third-order valence-corrected chi connectivity index (χ3v) is 6.83. The minimum absolute atomic E-state index is 0.0473. The molecule has 1 aromatic heterocycles. The summed E-state index contributed by atoms with van der Waals surface area (Å²) in [6, 6.07) is 36.0. The number of aromatic nitrogens is 1. The van der Waals surface area contributed by atoms with E-state index in [1.807, 2.05) is 84.9 Å². The van der Waals surface area contributed by atoms with E-state index in [-0.39, 0.29) is 11.8 Å². The van der Waals surface area contributed by atoms with Gasteiger partial charge in [-0.05, 0) is 27.8 Å². The molecule has 40 heavy (non-hydrogen) atoms. The first-order valence-electron chi connectivity index (χ1n) is 12.3. The number of amides is 1. The van der Waals surface area contributed by atoms with Crippen molar-refractivity contribution < 1.29 is 18.3 Å². The van der Waals surface area contributed by atoms with E-state index >= 15 is 0 Å².